The Morgan fingerprint density at radius 2 is 1.86 bits per heavy atom. The molecule has 1 atom stereocenters. The summed E-state index contributed by atoms with van der Waals surface area (Å²) in [6, 6.07) is 14.6. The number of nitrogens with zero attached hydrogens (tertiary/aromatic N) is 3. The van der Waals surface area contributed by atoms with Gasteiger partial charge in [0.25, 0.3) is 0 Å². The molecular formula is C26H28F4N4O. The van der Waals surface area contributed by atoms with E-state index in [1.54, 1.807) is 6.20 Å². The highest BCUT2D eigenvalue weighted by molar-refractivity contribution is 5.61. The minimum absolute atomic E-state index is 0.142. The van der Waals surface area contributed by atoms with Crippen LogP contribution in [0.15, 0.2) is 54.7 Å². The van der Waals surface area contributed by atoms with Crippen molar-refractivity contribution in [2.45, 2.75) is 18.6 Å². The average molecular weight is 489 g/mol. The highest BCUT2D eigenvalue weighted by Crippen LogP contribution is 2.38. The van der Waals surface area contributed by atoms with Gasteiger partial charge in [0.1, 0.15) is 12.4 Å². The lowest BCUT2D eigenvalue weighted by Crippen LogP contribution is -2.49. The fourth-order valence-electron chi connectivity index (χ4n) is 5.05. The van der Waals surface area contributed by atoms with E-state index in [1.165, 1.54) is 4.90 Å². The lowest BCUT2D eigenvalue weighted by Gasteiger charge is -2.38. The lowest BCUT2D eigenvalue weighted by molar-refractivity contribution is -0.150. The Balaban J connectivity index is 1.33. The van der Waals surface area contributed by atoms with Crippen molar-refractivity contribution < 1.29 is 22.3 Å². The van der Waals surface area contributed by atoms with Crippen molar-refractivity contribution in [2.75, 3.05) is 46.0 Å². The second-order valence-corrected chi connectivity index (χ2v) is 9.32. The van der Waals surface area contributed by atoms with E-state index in [9.17, 15) is 17.6 Å². The minimum Gasteiger partial charge on any atom is -0.492 e. The van der Waals surface area contributed by atoms with Crippen molar-refractivity contribution in [2.24, 2.45) is 5.92 Å². The molecular weight excluding hydrogens is 460 g/mol. The van der Waals surface area contributed by atoms with Gasteiger partial charge in [0.15, 0.2) is 0 Å². The third kappa shape index (κ3) is 5.51. The predicted molar refractivity (Wildman–Crippen MR) is 125 cm³/mol. The number of aromatic amines is 1. The SMILES string of the molecule is FCC1CN(CCOc2ccc(C3c4ccc(-c5ccn[nH]5)cc4CCN3CC(F)(F)F)cc2)C1. The molecule has 3 heterocycles. The Labute approximate surface area is 201 Å². The second-order valence-electron chi connectivity index (χ2n) is 9.32. The van der Waals surface area contributed by atoms with Crippen LogP contribution >= 0.6 is 0 Å². The molecule has 9 heteroatoms. The van der Waals surface area contributed by atoms with E-state index in [0.29, 0.717) is 25.3 Å². The first kappa shape index (κ1) is 23.8. The molecule has 0 aliphatic carbocycles. The summed E-state index contributed by atoms with van der Waals surface area (Å²) in [6.07, 6.45) is -2.06. The quantitative estimate of drug-likeness (QED) is 0.460. The fourth-order valence-corrected chi connectivity index (χ4v) is 5.05. The largest absolute Gasteiger partial charge is 0.492 e. The third-order valence-electron chi connectivity index (χ3n) is 6.79. The number of rotatable bonds is 8. The van der Waals surface area contributed by atoms with Crippen molar-refractivity contribution in [1.29, 1.82) is 0 Å². The molecule has 2 aliphatic rings. The zero-order chi connectivity index (χ0) is 24.4. The zero-order valence-electron chi connectivity index (χ0n) is 19.3. The molecule has 0 spiro atoms. The molecule has 0 bridgehead atoms. The van der Waals surface area contributed by atoms with Crippen LogP contribution in [0.4, 0.5) is 17.6 Å². The summed E-state index contributed by atoms with van der Waals surface area (Å²) in [5.74, 6) is 0.812. The first-order chi connectivity index (χ1) is 16.9. The fraction of sp³-hybridized carbons (Fsp3) is 0.423. The van der Waals surface area contributed by atoms with Gasteiger partial charge in [0, 0.05) is 38.3 Å². The number of halogens is 4. The smallest absolute Gasteiger partial charge is 0.401 e. The van der Waals surface area contributed by atoms with Crippen LogP contribution in [0.25, 0.3) is 11.3 Å². The lowest BCUT2D eigenvalue weighted by atomic mass is 9.86. The summed E-state index contributed by atoms with van der Waals surface area (Å²) >= 11 is 0. The molecule has 1 fully saturated rings. The van der Waals surface area contributed by atoms with Crippen LogP contribution in [0.1, 0.15) is 22.7 Å². The molecule has 186 valence electrons. The molecule has 1 saturated heterocycles. The van der Waals surface area contributed by atoms with Gasteiger partial charge in [0.05, 0.1) is 25.0 Å². The third-order valence-corrected chi connectivity index (χ3v) is 6.79. The van der Waals surface area contributed by atoms with Crippen molar-refractivity contribution in [1.82, 2.24) is 20.0 Å². The topological polar surface area (TPSA) is 44.4 Å². The van der Waals surface area contributed by atoms with Gasteiger partial charge in [-0.2, -0.15) is 18.3 Å². The van der Waals surface area contributed by atoms with E-state index in [-0.39, 0.29) is 12.6 Å². The van der Waals surface area contributed by atoms with Gasteiger partial charge < -0.3 is 4.74 Å². The average Bonchev–Trinajstić information content (AvgIpc) is 3.35. The first-order valence-corrected chi connectivity index (χ1v) is 11.8. The van der Waals surface area contributed by atoms with Crippen LogP contribution in [0.2, 0.25) is 0 Å². The predicted octanol–water partition coefficient (Wildman–Crippen LogP) is 4.87. The molecule has 5 rings (SSSR count). The number of likely N-dealkylation sites (tertiary alicyclic amines) is 1. The van der Waals surface area contributed by atoms with Gasteiger partial charge in [-0.1, -0.05) is 24.3 Å². The summed E-state index contributed by atoms with van der Waals surface area (Å²) in [7, 11) is 0. The van der Waals surface area contributed by atoms with Crippen LogP contribution in [0.3, 0.4) is 0 Å². The van der Waals surface area contributed by atoms with Gasteiger partial charge in [-0.15, -0.1) is 0 Å². The van der Waals surface area contributed by atoms with Gasteiger partial charge in [-0.25, -0.2) is 0 Å². The number of H-pyrrole nitrogens is 1. The molecule has 0 saturated carbocycles. The van der Waals surface area contributed by atoms with Gasteiger partial charge in [-0.3, -0.25) is 19.3 Å². The normalized spacial score (nSPS) is 19.4. The van der Waals surface area contributed by atoms with Crippen molar-refractivity contribution in [3.8, 4) is 17.0 Å². The number of nitrogens with one attached hydrogen (secondary N) is 1. The monoisotopic (exact) mass is 488 g/mol. The minimum atomic E-state index is -4.29. The number of hydrogen-bond donors (Lipinski definition) is 1. The van der Waals surface area contributed by atoms with E-state index < -0.39 is 18.8 Å². The summed E-state index contributed by atoms with van der Waals surface area (Å²) in [4.78, 5) is 3.64. The number of hydrogen-bond acceptors (Lipinski definition) is 4. The molecule has 5 nitrogen and oxygen atoms in total. The molecule has 0 radical (unpaired) electrons. The number of aromatic nitrogens is 2. The Morgan fingerprint density at radius 1 is 1.06 bits per heavy atom. The molecule has 0 amide bonds. The van der Waals surface area contributed by atoms with Crippen LogP contribution in [-0.4, -0.2) is 72.2 Å². The summed E-state index contributed by atoms with van der Waals surface area (Å²) < 4.78 is 58.6. The van der Waals surface area contributed by atoms with E-state index >= 15 is 0 Å². The van der Waals surface area contributed by atoms with Crippen LogP contribution in [0.5, 0.6) is 5.75 Å². The Morgan fingerprint density at radius 3 is 2.54 bits per heavy atom. The molecule has 3 aromatic rings. The van der Waals surface area contributed by atoms with E-state index in [2.05, 4.69) is 15.1 Å². The van der Waals surface area contributed by atoms with Crippen molar-refractivity contribution >= 4 is 0 Å². The van der Waals surface area contributed by atoms with Gasteiger partial charge >= 0.3 is 6.18 Å². The highest BCUT2D eigenvalue weighted by Gasteiger charge is 2.37. The number of fused-ring (bicyclic) bond motifs is 1. The van der Waals surface area contributed by atoms with E-state index in [1.807, 2.05) is 48.5 Å². The first-order valence-electron chi connectivity index (χ1n) is 11.8. The molecule has 1 unspecified atom stereocenters. The number of ether oxygens (including phenoxy) is 1. The Kier molecular flexibility index (Phi) is 6.80. The molecule has 1 aromatic heterocycles. The Hall–Kier alpha value is -2.91. The summed E-state index contributed by atoms with van der Waals surface area (Å²) in [6.45, 7) is 1.81. The van der Waals surface area contributed by atoms with Crippen molar-refractivity contribution in [3.05, 3.63) is 71.4 Å². The Bertz CT molecular complexity index is 1110. The molecule has 35 heavy (non-hydrogen) atoms. The maximum atomic E-state index is 13.4. The highest BCUT2D eigenvalue weighted by atomic mass is 19.4. The van der Waals surface area contributed by atoms with Crippen LogP contribution in [-0.2, 0) is 6.42 Å². The molecule has 2 aliphatic heterocycles. The van der Waals surface area contributed by atoms with E-state index in [4.69, 9.17) is 4.74 Å². The van der Waals surface area contributed by atoms with Gasteiger partial charge in [0.2, 0.25) is 0 Å². The summed E-state index contributed by atoms with van der Waals surface area (Å²) in [5.41, 5.74) is 4.57. The summed E-state index contributed by atoms with van der Waals surface area (Å²) in [5, 5.41) is 6.93. The standard InChI is InChI=1S/C26H28F4N4O/c27-14-18-15-33(16-18)11-12-35-22-4-1-19(2-5-22)25-23-6-3-21(24-7-9-31-32-24)13-20(23)8-10-34(25)17-26(28,29)30/h1-7,9,13,18,25H,8,10-12,14-17H2,(H,31,32). The maximum absolute atomic E-state index is 13.4. The van der Waals surface area contributed by atoms with Crippen LogP contribution < -0.4 is 4.74 Å². The maximum Gasteiger partial charge on any atom is 0.401 e. The number of benzene rings is 2. The second kappa shape index (κ2) is 9.99. The molecule has 2 aromatic carbocycles. The molecule has 1 N–H and O–H groups in total. The van der Waals surface area contributed by atoms with E-state index in [0.717, 1.165) is 47.6 Å². The van der Waals surface area contributed by atoms with Gasteiger partial charge in [-0.05, 0) is 52.9 Å². The zero-order valence-corrected chi connectivity index (χ0v) is 19.3. The van der Waals surface area contributed by atoms with Crippen LogP contribution in [0, 0.1) is 5.92 Å². The van der Waals surface area contributed by atoms with Crippen molar-refractivity contribution in [3.63, 3.8) is 0 Å². The number of alkyl halides is 4.